The Bertz CT molecular complexity index is 1390. The fourth-order valence-corrected chi connectivity index (χ4v) is 4.75. The lowest BCUT2D eigenvalue weighted by atomic mass is 9.77. The molecule has 0 bridgehead atoms. The fraction of sp³-hybridized carbons (Fsp3) is 0.423. The molecule has 1 aliphatic heterocycles. The lowest BCUT2D eigenvalue weighted by Gasteiger charge is -2.26. The molecule has 2 N–H and O–H groups in total. The molecule has 4 aromatic heterocycles. The van der Waals surface area contributed by atoms with E-state index in [0.717, 1.165) is 53.3 Å². The summed E-state index contributed by atoms with van der Waals surface area (Å²) in [6.07, 6.45) is 9.41. The van der Waals surface area contributed by atoms with E-state index in [4.69, 9.17) is 19.2 Å². The molecule has 6 rings (SSSR count). The number of ether oxygens (including phenoxy) is 1. The van der Waals surface area contributed by atoms with Crippen LogP contribution < -0.4 is 10.1 Å². The number of hydrogen-bond donors (Lipinski definition) is 2. The standard InChI is InChI=1S/C26H29N7O3/c1-25(2,34)15-33-14-17(12-30-33)23-31-24(32-36-23)26(3,18-4-5-18)19-6-7-20(28-13-19)16-10-21-22(29-11-16)27-8-9-35-21/h6-7,10-14,18,34H,4-5,8-9,15H2,1-3H3,(H,27,29). The van der Waals surface area contributed by atoms with Crippen molar-refractivity contribution in [2.75, 3.05) is 18.5 Å². The summed E-state index contributed by atoms with van der Waals surface area (Å²) in [6, 6.07) is 6.08. The quantitative estimate of drug-likeness (QED) is 0.402. The first-order valence-corrected chi connectivity index (χ1v) is 12.2. The van der Waals surface area contributed by atoms with Gasteiger partial charge in [-0.1, -0.05) is 11.2 Å². The Morgan fingerprint density at radius 1 is 1.11 bits per heavy atom. The maximum Gasteiger partial charge on any atom is 0.261 e. The van der Waals surface area contributed by atoms with E-state index in [-0.39, 0.29) is 0 Å². The van der Waals surface area contributed by atoms with Gasteiger partial charge in [0.15, 0.2) is 17.4 Å². The van der Waals surface area contributed by atoms with Crippen molar-refractivity contribution in [3.05, 3.63) is 54.4 Å². The third kappa shape index (κ3) is 4.21. The average Bonchev–Trinajstić information content (AvgIpc) is 3.44. The van der Waals surface area contributed by atoms with Crippen molar-refractivity contribution < 1.29 is 14.4 Å². The van der Waals surface area contributed by atoms with Crippen LogP contribution in [0, 0.1) is 5.92 Å². The predicted octanol–water partition coefficient (Wildman–Crippen LogP) is 3.68. The van der Waals surface area contributed by atoms with Crippen LogP contribution in [-0.2, 0) is 12.0 Å². The number of pyridine rings is 2. The Labute approximate surface area is 208 Å². The molecule has 1 unspecified atom stereocenters. The largest absolute Gasteiger partial charge is 0.488 e. The van der Waals surface area contributed by atoms with E-state index >= 15 is 0 Å². The van der Waals surface area contributed by atoms with Crippen LogP contribution >= 0.6 is 0 Å². The number of nitrogens with zero attached hydrogens (tertiary/aromatic N) is 6. The van der Waals surface area contributed by atoms with Gasteiger partial charge in [-0.25, -0.2) is 4.98 Å². The molecule has 10 nitrogen and oxygen atoms in total. The summed E-state index contributed by atoms with van der Waals surface area (Å²) in [5.74, 6) is 2.98. The van der Waals surface area contributed by atoms with E-state index in [0.29, 0.717) is 30.8 Å². The molecule has 4 aromatic rings. The van der Waals surface area contributed by atoms with Gasteiger partial charge in [0.1, 0.15) is 6.61 Å². The normalized spacial score (nSPS) is 17.1. The highest BCUT2D eigenvalue weighted by molar-refractivity contribution is 5.65. The summed E-state index contributed by atoms with van der Waals surface area (Å²) >= 11 is 0. The van der Waals surface area contributed by atoms with Crippen LogP contribution in [0.1, 0.15) is 45.0 Å². The molecule has 0 saturated heterocycles. The predicted molar refractivity (Wildman–Crippen MR) is 132 cm³/mol. The minimum atomic E-state index is -0.869. The van der Waals surface area contributed by atoms with E-state index in [1.807, 2.05) is 30.7 Å². The van der Waals surface area contributed by atoms with Gasteiger partial charge in [-0.2, -0.15) is 10.1 Å². The Balaban J connectivity index is 1.28. The Hall–Kier alpha value is -3.79. The monoisotopic (exact) mass is 487 g/mol. The number of hydrogen-bond acceptors (Lipinski definition) is 9. The molecule has 1 aliphatic carbocycles. The molecule has 0 radical (unpaired) electrons. The van der Waals surface area contributed by atoms with E-state index < -0.39 is 11.0 Å². The second-order valence-corrected chi connectivity index (χ2v) is 10.4. The van der Waals surface area contributed by atoms with Crippen molar-refractivity contribution in [2.24, 2.45) is 5.92 Å². The first kappa shape index (κ1) is 22.7. The summed E-state index contributed by atoms with van der Waals surface area (Å²) in [6.45, 7) is 7.39. The summed E-state index contributed by atoms with van der Waals surface area (Å²) < 4.78 is 13.1. The summed E-state index contributed by atoms with van der Waals surface area (Å²) in [5.41, 5.74) is 2.21. The van der Waals surface area contributed by atoms with Crippen LogP contribution in [0.5, 0.6) is 5.75 Å². The van der Waals surface area contributed by atoms with Crippen molar-refractivity contribution in [3.8, 4) is 28.5 Å². The number of nitrogens with one attached hydrogen (secondary N) is 1. The molecule has 1 atom stereocenters. The molecular formula is C26H29N7O3. The van der Waals surface area contributed by atoms with E-state index in [1.165, 1.54) is 0 Å². The van der Waals surface area contributed by atoms with E-state index in [1.54, 1.807) is 24.7 Å². The van der Waals surface area contributed by atoms with E-state index in [9.17, 15) is 5.11 Å². The van der Waals surface area contributed by atoms with Crippen LogP contribution in [0.25, 0.3) is 22.7 Å². The third-order valence-corrected chi connectivity index (χ3v) is 6.88. The van der Waals surface area contributed by atoms with E-state index in [2.05, 4.69) is 33.5 Å². The molecular weight excluding hydrogens is 458 g/mol. The third-order valence-electron chi connectivity index (χ3n) is 6.88. The average molecular weight is 488 g/mol. The van der Waals surface area contributed by atoms with Gasteiger partial charge in [0.05, 0.1) is 41.6 Å². The van der Waals surface area contributed by atoms with Gasteiger partial charge in [0.25, 0.3) is 5.89 Å². The number of aliphatic hydroxyl groups is 1. The lowest BCUT2D eigenvalue weighted by molar-refractivity contribution is 0.0577. The summed E-state index contributed by atoms with van der Waals surface area (Å²) in [5, 5.41) is 22.0. The van der Waals surface area contributed by atoms with Crippen LogP contribution in [0.15, 0.2) is 47.5 Å². The number of fused-ring (bicyclic) bond motifs is 1. The van der Waals surface area contributed by atoms with Gasteiger partial charge in [-0.3, -0.25) is 9.67 Å². The SMILES string of the molecule is CC(C)(O)Cn1cc(-c2nc(C(C)(c3ccc(-c4cnc5c(c4)OCCN5)nc3)C3CC3)no2)cn1. The molecule has 10 heteroatoms. The molecule has 186 valence electrons. The maximum atomic E-state index is 10.1. The highest BCUT2D eigenvalue weighted by Gasteiger charge is 2.47. The Morgan fingerprint density at radius 3 is 2.72 bits per heavy atom. The number of anilines is 1. The molecule has 0 aromatic carbocycles. The summed E-state index contributed by atoms with van der Waals surface area (Å²) in [7, 11) is 0. The van der Waals surface area contributed by atoms with Crippen LogP contribution in [-0.4, -0.2) is 53.7 Å². The first-order valence-electron chi connectivity index (χ1n) is 12.2. The number of aromatic nitrogens is 6. The first-order chi connectivity index (χ1) is 17.3. The second-order valence-electron chi connectivity index (χ2n) is 10.4. The topological polar surface area (TPSA) is 124 Å². The van der Waals surface area contributed by atoms with Crippen molar-refractivity contribution in [1.29, 1.82) is 0 Å². The molecule has 2 aliphatic rings. The second kappa shape index (κ2) is 8.41. The van der Waals surface area contributed by atoms with Crippen molar-refractivity contribution in [2.45, 2.75) is 51.2 Å². The Morgan fingerprint density at radius 2 is 1.97 bits per heavy atom. The van der Waals surface area contributed by atoms with Crippen molar-refractivity contribution in [1.82, 2.24) is 29.9 Å². The van der Waals surface area contributed by atoms with Crippen LogP contribution in [0.3, 0.4) is 0 Å². The van der Waals surface area contributed by atoms with Gasteiger partial charge in [-0.05, 0) is 57.2 Å². The minimum absolute atomic E-state index is 0.369. The Kier molecular flexibility index (Phi) is 5.29. The zero-order valence-corrected chi connectivity index (χ0v) is 20.6. The molecule has 1 fully saturated rings. The van der Waals surface area contributed by atoms with Crippen molar-refractivity contribution >= 4 is 5.82 Å². The zero-order valence-electron chi connectivity index (χ0n) is 20.6. The van der Waals surface area contributed by atoms with Gasteiger partial charge >= 0.3 is 0 Å². The molecule has 0 amide bonds. The maximum absolute atomic E-state index is 10.1. The minimum Gasteiger partial charge on any atom is -0.488 e. The molecule has 1 saturated carbocycles. The van der Waals surface area contributed by atoms with Crippen LogP contribution in [0.4, 0.5) is 5.82 Å². The lowest BCUT2D eigenvalue weighted by Crippen LogP contribution is -2.28. The van der Waals surface area contributed by atoms with Crippen LogP contribution in [0.2, 0.25) is 0 Å². The fourth-order valence-electron chi connectivity index (χ4n) is 4.75. The smallest absolute Gasteiger partial charge is 0.261 e. The van der Waals surface area contributed by atoms with Gasteiger partial charge in [0.2, 0.25) is 0 Å². The molecule has 0 spiro atoms. The summed E-state index contributed by atoms with van der Waals surface area (Å²) in [4.78, 5) is 14.0. The highest BCUT2D eigenvalue weighted by atomic mass is 16.5. The van der Waals surface area contributed by atoms with Gasteiger partial charge in [-0.15, -0.1) is 0 Å². The highest BCUT2D eigenvalue weighted by Crippen LogP contribution is 2.50. The zero-order chi connectivity index (χ0) is 24.9. The van der Waals surface area contributed by atoms with Crippen molar-refractivity contribution in [3.63, 3.8) is 0 Å². The molecule has 5 heterocycles. The molecule has 36 heavy (non-hydrogen) atoms. The van der Waals surface area contributed by atoms with Gasteiger partial charge < -0.3 is 19.7 Å². The van der Waals surface area contributed by atoms with Gasteiger partial charge in [0, 0.05) is 24.2 Å². The number of rotatable bonds is 7.